The van der Waals surface area contributed by atoms with Gasteiger partial charge in [0.2, 0.25) is 11.9 Å². The number of nitrogens with zero attached hydrogens (tertiary/aromatic N) is 4. The van der Waals surface area contributed by atoms with Crippen molar-refractivity contribution in [1.82, 2.24) is 20.2 Å². The lowest BCUT2D eigenvalue weighted by atomic mass is 9.79. The minimum atomic E-state index is -0.494. The van der Waals surface area contributed by atoms with Crippen molar-refractivity contribution in [3.63, 3.8) is 0 Å². The number of carbonyl (C=O) groups is 2. The molecule has 230 valence electrons. The number of anilines is 2. The summed E-state index contributed by atoms with van der Waals surface area (Å²) in [5.41, 5.74) is 1.86. The van der Waals surface area contributed by atoms with Gasteiger partial charge in [-0.1, -0.05) is 13.8 Å². The highest BCUT2D eigenvalue weighted by atomic mass is 16.7. The van der Waals surface area contributed by atoms with Crippen LogP contribution in [0.2, 0.25) is 0 Å². The summed E-state index contributed by atoms with van der Waals surface area (Å²) in [4.78, 5) is 39.6. The fourth-order valence-corrected chi connectivity index (χ4v) is 6.14. The third kappa shape index (κ3) is 8.22. The summed E-state index contributed by atoms with van der Waals surface area (Å²) in [6.45, 7) is 13.4. The predicted molar refractivity (Wildman–Crippen MR) is 158 cm³/mol. The van der Waals surface area contributed by atoms with Gasteiger partial charge in [-0.15, -0.1) is 0 Å². The summed E-state index contributed by atoms with van der Waals surface area (Å²) in [5, 5.41) is 6.60. The molecule has 0 saturated carbocycles. The quantitative estimate of drug-likeness (QED) is 0.381. The predicted octanol–water partition coefficient (Wildman–Crippen LogP) is 3.75. The minimum absolute atomic E-state index is 0.0496. The zero-order valence-electron chi connectivity index (χ0n) is 26.0. The van der Waals surface area contributed by atoms with Crippen molar-refractivity contribution in [2.45, 2.75) is 97.5 Å². The van der Waals surface area contributed by atoms with Crippen LogP contribution >= 0.6 is 0 Å². The molecule has 41 heavy (non-hydrogen) atoms. The van der Waals surface area contributed by atoms with Gasteiger partial charge in [-0.05, 0) is 65.2 Å². The summed E-state index contributed by atoms with van der Waals surface area (Å²) in [6.07, 6.45) is 5.58. The zero-order valence-corrected chi connectivity index (χ0v) is 26.0. The largest absolute Gasteiger partial charge is 0.444 e. The van der Waals surface area contributed by atoms with Gasteiger partial charge in [0.05, 0.1) is 12.2 Å². The van der Waals surface area contributed by atoms with Crippen molar-refractivity contribution in [3.05, 3.63) is 11.3 Å². The Morgan fingerprint density at radius 1 is 1.05 bits per heavy atom. The molecule has 1 spiro atoms. The topological polar surface area (TPSA) is 118 Å². The number of amides is 2. The fraction of sp³-hybridized carbons (Fsp3) is 0.800. The Hall–Kier alpha value is -2.66. The van der Waals surface area contributed by atoms with Crippen LogP contribution in [-0.4, -0.2) is 91.7 Å². The van der Waals surface area contributed by atoms with E-state index < -0.39 is 11.9 Å². The molecular formula is C30H50N6O5. The summed E-state index contributed by atoms with van der Waals surface area (Å²) < 4.78 is 16.0. The van der Waals surface area contributed by atoms with Crippen LogP contribution in [0.1, 0.15) is 78.0 Å². The lowest BCUT2D eigenvalue weighted by Crippen LogP contribution is -2.60. The third-order valence-electron chi connectivity index (χ3n) is 8.12. The maximum atomic E-state index is 12.8. The molecule has 2 saturated heterocycles. The van der Waals surface area contributed by atoms with Crippen LogP contribution in [0.15, 0.2) is 0 Å². The first-order valence-electron chi connectivity index (χ1n) is 15.1. The average molecular weight is 575 g/mol. The lowest BCUT2D eigenvalue weighted by molar-refractivity contribution is -0.127. The molecule has 1 aliphatic carbocycles. The fourth-order valence-electron chi connectivity index (χ4n) is 6.14. The van der Waals surface area contributed by atoms with Crippen LogP contribution in [-0.2, 0) is 31.8 Å². The second-order valence-corrected chi connectivity index (χ2v) is 13.4. The van der Waals surface area contributed by atoms with E-state index in [9.17, 15) is 9.59 Å². The monoisotopic (exact) mass is 574 g/mol. The molecule has 1 atom stereocenters. The van der Waals surface area contributed by atoms with Crippen molar-refractivity contribution < 1.29 is 23.8 Å². The third-order valence-corrected chi connectivity index (χ3v) is 8.12. The highest BCUT2D eigenvalue weighted by Crippen LogP contribution is 2.41. The van der Waals surface area contributed by atoms with Crippen LogP contribution in [0, 0.1) is 11.3 Å². The highest BCUT2D eigenvalue weighted by Gasteiger charge is 2.51. The van der Waals surface area contributed by atoms with Crippen LogP contribution in [0.25, 0.3) is 0 Å². The number of carbonyl (C=O) groups excluding carboxylic acids is 2. The van der Waals surface area contributed by atoms with Crippen molar-refractivity contribution in [2.24, 2.45) is 11.3 Å². The molecule has 1 aromatic rings. The maximum Gasteiger partial charge on any atom is 0.410 e. The first kappa shape index (κ1) is 31.3. The molecule has 2 fully saturated rings. The molecule has 0 radical (unpaired) electrons. The van der Waals surface area contributed by atoms with Crippen molar-refractivity contribution >= 4 is 23.8 Å². The first-order chi connectivity index (χ1) is 19.4. The molecule has 3 aliphatic rings. The Morgan fingerprint density at radius 3 is 2.41 bits per heavy atom. The number of hydrogen-bond donors (Lipinski definition) is 2. The van der Waals surface area contributed by atoms with Crippen LogP contribution in [0.4, 0.5) is 16.6 Å². The Labute approximate surface area is 245 Å². The van der Waals surface area contributed by atoms with E-state index in [1.807, 2.05) is 20.8 Å². The molecular weight excluding hydrogens is 524 g/mol. The number of likely N-dealkylation sites (tertiary alicyclic amines) is 1. The Morgan fingerprint density at radius 2 is 1.76 bits per heavy atom. The number of hydrogen-bond acceptors (Lipinski definition) is 9. The lowest BCUT2D eigenvalue weighted by Gasteiger charge is -2.47. The number of rotatable bonds is 11. The van der Waals surface area contributed by atoms with Gasteiger partial charge in [0, 0.05) is 63.8 Å². The second-order valence-electron chi connectivity index (χ2n) is 13.4. The molecule has 0 aromatic carbocycles. The summed E-state index contributed by atoms with van der Waals surface area (Å²) >= 11 is 0. The van der Waals surface area contributed by atoms with Gasteiger partial charge in [-0.3, -0.25) is 4.79 Å². The van der Waals surface area contributed by atoms with E-state index in [-0.39, 0.29) is 23.5 Å². The Bertz CT molecular complexity index is 1060. The van der Waals surface area contributed by atoms with E-state index in [1.54, 1.807) is 19.1 Å². The van der Waals surface area contributed by atoms with Gasteiger partial charge in [0.25, 0.3) is 0 Å². The number of aromatic nitrogens is 2. The summed E-state index contributed by atoms with van der Waals surface area (Å²) in [6, 6.07) is -0.0637. The van der Waals surface area contributed by atoms with Crippen molar-refractivity contribution in [2.75, 3.05) is 57.2 Å². The van der Waals surface area contributed by atoms with Crippen molar-refractivity contribution in [1.29, 1.82) is 0 Å². The number of aryl methyl sites for hydroxylation is 1. The first-order valence-corrected chi connectivity index (χ1v) is 15.1. The number of nitrogens with one attached hydrogen (secondary N) is 2. The molecule has 3 heterocycles. The van der Waals surface area contributed by atoms with Gasteiger partial charge in [0.1, 0.15) is 11.4 Å². The second kappa shape index (κ2) is 13.1. The molecule has 11 heteroatoms. The van der Waals surface area contributed by atoms with Gasteiger partial charge >= 0.3 is 6.09 Å². The summed E-state index contributed by atoms with van der Waals surface area (Å²) in [7, 11) is 3.12. The van der Waals surface area contributed by atoms with E-state index in [0.29, 0.717) is 32.0 Å². The number of ether oxygens (including phenoxy) is 3. The highest BCUT2D eigenvalue weighted by molar-refractivity contribution is 5.77. The Balaban J connectivity index is 1.46. The van der Waals surface area contributed by atoms with Gasteiger partial charge in [-0.2, -0.15) is 4.98 Å². The number of methoxy groups -OCH3 is 2. The molecule has 2 aliphatic heterocycles. The maximum absolute atomic E-state index is 12.8. The normalized spacial score (nSPS) is 18.9. The number of fused-ring (bicyclic) bond motifs is 1. The van der Waals surface area contributed by atoms with E-state index >= 15 is 0 Å². The zero-order chi connectivity index (χ0) is 29.8. The molecule has 11 nitrogen and oxygen atoms in total. The molecule has 4 rings (SSSR count). The van der Waals surface area contributed by atoms with E-state index in [2.05, 4.69) is 29.4 Å². The average Bonchev–Trinajstić information content (AvgIpc) is 3.33. The van der Waals surface area contributed by atoms with Gasteiger partial charge < -0.3 is 34.6 Å². The SMILES string of the molecule is COC(CNC(=O)C[C@H](CC(C)C)Nc1nc(N2CCC3(CN(C(=O)OC(C)(C)C)C3)C2)nc2c1CCCC2)OC. The summed E-state index contributed by atoms with van der Waals surface area (Å²) in [5.74, 6) is 1.97. The van der Waals surface area contributed by atoms with Crippen LogP contribution < -0.4 is 15.5 Å². The Kier molecular flexibility index (Phi) is 10.00. The minimum Gasteiger partial charge on any atom is -0.444 e. The van der Waals surface area contributed by atoms with Crippen LogP contribution in [0.3, 0.4) is 0 Å². The molecule has 2 amide bonds. The standard InChI is InChI=1S/C30H50N6O5/c1-20(2)14-21(15-24(37)31-16-25(39-6)40-7)32-26-22-10-8-9-11-23(22)33-27(34-26)35-13-12-30(17-35)18-36(19-30)28(38)41-29(3,4)5/h20-21,25H,8-19H2,1-7H3,(H,31,37)(H,32,33,34)/t21-/m0/s1. The van der Waals surface area contributed by atoms with E-state index in [4.69, 9.17) is 24.2 Å². The van der Waals surface area contributed by atoms with Gasteiger partial charge in [-0.25, -0.2) is 9.78 Å². The molecule has 2 N–H and O–H groups in total. The smallest absolute Gasteiger partial charge is 0.410 e. The van der Waals surface area contributed by atoms with Gasteiger partial charge in [0.15, 0.2) is 6.29 Å². The molecule has 0 bridgehead atoms. The molecule has 0 unspecified atom stereocenters. The van der Waals surface area contributed by atoms with E-state index in [0.717, 1.165) is 69.1 Å². The van der Waals surface area contributed by atoms with E-state index in [1.165, 1.54) is 5.56 Å². The van der Waals surface area contributed by atoms with Crippen LogP contribution in [0.5, 0.6) is 0 Å². The molecule has 1 aromatic heterocycles. The van der Waals surface area contributed by atoms with Crippen molar-refractivity contribution in [3.8, 4) is 0 Å².